The van der Waals surface area contributed by atoms with E-state index in [0.717, 1.165) is 18.8 Å². The van der Waals surface area contributed by atoms with Gasteiger partial charge in [0.05, 0.1) is 0 Å². The Labute approximate surface area is 98.3 Å². The third-order valence-electron chi connectivity index (χ3n) is 2.65. The van der Waals surface area contributed by atoms with Crippen LogP contribution in [0.25, 0.3) is 5.65 Å². The van der Waals surface area contributed by atoms with Crippen LogP contribution < -0.4 is 16.3 Å². The van der Waals surface area contributed by atoms with Crippen LogP contribution in [0, 0.1) is 6.92 Å². The summed E-state index contributed by atoms with van der Waals surface area (Å²) in [5, 5.41) is 6.34. The van der Waals surface area contributed by atoms with Crippen molar-refractivity contribution in [2.45, 2.75) is 13.3 Å². The minimum atomic E-state index is -0.263. The van der Waals surface area contributed by atoms with Gasteiger partial charge in [-0.1, -0.05) is 0 Å². The van der Waals surface area contributed by atoms with Crippen LogP contribution in [-0.2, 0) is 0 Å². The molecule has 0 saturated carbocycles. The maximum Gasteiger partial charge on any atom is 0.349 e. The molecule has 0 bridgehead atoms. The van der Waals surface area contributed by atoms with E-state index in [0.29, 0.717) is 18.0 Å². The van der Waals surface area contributed by atoms with Gasteiger partial charge in [-0.2, -0.15) is 5.10 Å². The monoisotopic (exact) mass is 236 g/mol. The minimum Gasteiger partial charge on any atom is -0.359 e. The van der Waals surface area contributed by atoms with Crippen molar-refractivity contribution in [2.24, 2.45) is 5.73 Å². The van der Waals surface area contributed by atoms with Gasteiger partial charge in [-0.3, -0.25) is 0 Å². The molecule has 0 aromatic carbocycles. The van der Waals surface area contributed by atoms with Gasteiger partial charge in [0, 0.05) is 19.7 Å². The molecule has 0 aliphatic rings. The smallest absolute Gasteiger partial charge is 0.349 e. The second-order valence-electron chi connectivity index (χ2n) is 3.95. The molecule has 0 aliphatic carbocycles. The fourth-order valence-corrected chi connectivity index (χ4v) is 1.72. The molecule has 0 atom stereocenters. The zero-order valence-corrected chi connectivity index (χ0v) is 9.97. The molecule has 0 fully saturated rings. The molecule has 2 aromatic heterocycles. The lowest BCUT2D eigenvalue weighted by molar-refractivity contribution is 0.780. The molecule has 0 saturated heterocycles. The van der Waals surface area contributed by atoms with Crippen LogP contribution in [0.4, 0.5) is 5.82 Å². The molecule has 7 nitrogen and oxygen atoms in total. The van der Waals surface area contributed by atoms with Crippen molar-refractivity contribution in [3.8, 4) is 0 Å². The lowest BCUT2D eigenvalue weighted by Crippen LogP contribution is -2.23. The Morgan fingerprint density at radius 2 is 2.35 bits per heavy atom. The van der Waals surface area contributed by atoms with Gasteiger partial charge in [0.1, 0.15) is 11.6 Å². The lowest BCUT2D eigenvalue weighted by Gasteiger charge is -2.18. The Bertz CT molecular complexity index is 572. The molecule has 92 valence electrons. The van der Waals surface area contributed by atoms with E-state index in [1.165, 1.54) is 4.40 Å². The summed E-state index contributed by atoms with van der Waals surface area (Å²) in [5.74, 6) is 1.42. The van der Waals surface area contributed by atoms with Crippen molar-refractivity contribution < 1.29 is 0 Å². The second-order valence-corrected chi connectivity index (χ2v) is 3.95. The topological polar surface area (TPSA) is 92.3 Å². The zero-order valence-electron chi connectivity index (χ0n) is 9.97. The van der Waals surface area contributed by atoms with Crippen LogP contribution in [0.15, 0.2) is 10.9 Å². The van der Waals surface area contributed by atoms with Crippen LogP contribution in [-0.4, -0.2) is 39.7 Å². The van der Waals surface area contributed by atoms with Crippen LogP contribution in [0.2, 0.25) is 0 Å². The fourth-order valence-electron chi connectivity index (χ4n) is 1.72. The number of aromatic amines is 1. The van der Waals surface area contributed by atoms with Crippen molar-refractivity contribution in [1.29, 1.82) is 0 Å². The predicted octanol–water partition coefficient (Wildman–Crippen LogP) is -0.489. The first-order chi connectivity index (χ1) is 8.13. The Hall–Kier alpha value is -1.89. The first-order valence-corrected chi connectivity index (χ1v) is 5.49. The summed E-state index contributed by atoms with van der Waals surface area (Å²) < 4.78 is 1.44. The highest BCUT2D eigenvalue weighted by atomic mass is 16.1. The molecule has 0 aliphatic heterocycles. The molecule has 2 rings (SSSR count). The van der Waals surface area contributed by atoms with Crippen molar-refractivity contribution in [2.75, 3.05) is 25.0 Å². The van der Waals surface area contributed by atoms with Crippen molar-refractivity contribution in [3.63, 3.8) is 0 Å². The van der Waals surface area contributed by atoms with Gasteiger partial charge in [0.15, 0.2) is 5.65 Å². The molecule has 2 heterocycles. The number of nitrogens with one attached hydrogen (secondary N) is 1. The molecule has 0 amide bonds. The maximum atomic E-state index is 11.4. The molecule has 0 unspecified atom stereocenters. The molecular weight excluding hydrogens is 220 g/mol. The van der Waals surface area contributed by atoms with Gasteiger partial charge in [0.25, 0.3) is 0 Å². The quantitative estimate of drug-likeness (QED) is 0.747. The maximum absolute atomic E-state index is 11.4. The summed E-state index contributed by atoms with van der Waals surface area (Å²) in [5.41, 5.74) is 5.79. The number of nitrogens with zero attached hydrogens (tertiary/aromatic N) is 4. The second kappa shape index (κ2) is 4.54. The highest BCUT2D eigenvalue weighted by Crippen LogP contribution is 2.12. The highest BCUT2D eigenvalue weighted by molar-refractivity contribution is 5.50. The number of rotatable bonds is 4. The number of hydrogen-bond acceptors (Lipinski definition) is 5. The average molecular weight is 236 g/mol. The van der Waals surface area contributed by atoms with Crippen LogP contribution in [0.3, 0.4) is 0 Å². The predicted molar refractivity (Wildman–Crippen MR) is 65.3 cm³/mol. The molecule has 2 aromatic rings. The van der Waals surface area contributed by atoms with Gasteiger partial charge >= 0.3 is 5.69 Å². The molecular formula is C10H16N6O. The molecule has 0 radical (unpaired) electrons. The molecule has 7 heteroatoms. The number of anilines is 1. The summed E-state index contributed by atoms with van der Waals surface area (Å²) in [6.45, 7) is 3.26. The Balaban J connectivity index is 2.40. The number of aryl methyl sites for hydroxylation is 1. The van der Waals surface area contributed by atoms with Crippen LogP contribution >= 0.6 is 0 Å². The normalized spacial score (nSPS) is 11.0. The van der Waals surface area contributed by atoms with E-state index in [1.54, 1.807) is 13.0 Å². The van der Waals surface area contributed by atoms with E-state index in [2.05, 4.69) is 15.2 Å². The Morgan fingerprint density at radius 3 is 3.06 bits per heavy atom. The molecule has 0 spiro atoms. The first-order valence-electron chi connectivity index (χ1n) is 5.49. The van der Waals surface area contributed by atoms with Crippen molar-refractivity contribution in [3.05, 3.63) is 22.4 Å². The first kappa shape index (κ1) is 11.6. The van der Waals surface area contributed by atoms with E-state index in [1.807, 2.05) is 11.9 Å². The van der Waals surface area contributed by atoms with Gasteiger partial charge in [-0.05, 0) is 19.9 Å². The number of H-pyrrole nitrogens is 1. The molecule has 17 heavy (non-hydrogen) atoms. The summed E-state index contributed by atoms with van der Waals surface area (Å²) in [6.07, 6.45) is 0.899. The Kier molecular flexibility index (Phi) is 3.10. The Morgan fingerprint density at radius 1 is 1.59 bits per heavy atom. The SMILES string of the molecule is Cc1nc(N(C)CCCN)cc2n[nH]c(=O)n12. The van der Waals surface area contributed by atoms with E-state index in [-0.39, 0.29) is 5.69 Å². The molecule has 3 N–H and O–H groups in total. The van der Waals surface area contributed by atoms with Crippen molar-refractivity contribution in [1.82, 2.24) is 19.6 Å². The van der Waals surface area contributed by atoms with E-state index in [9.17, 15) is 4.79 Å². The number of hydrogen-bond donors (Lipinski definition) is 2. The van der Waals surface area contributed by atoms with Gasteiger partial charge in [-0.15, -0.1) is 0 Å². The third-order valence-corrected chi connectivity index (χ3v) is 2.65. The minimum absolute atomic E-state index is 0.263. The number of fused-ring (bicyclic) bond motifs is 1. The highest BCUT2D eigenvalue weighted by Gasteiger charge is 2.09. The largest absolute Gasteiger partial charge is 0.359 e. The van der Waals surface area contributed by atoms with Gasteiger partial charge in [0.2, 0.25) is 0 Å². The van der Waals surface area contributed by atoms with E-state index in [4.69, 9.17) is 5.73 Å². The average Bonchev–Trinajstić information content (AvgIpc) is 2.68. The standard InChI is InChI=1S/C10H16N6O/c1-7-12-8(15(2)5-3-4-11)6-9-13-14-10(17)16(7)9/h6H,3-5,11H2,1-2H3,(H,14,17). The van der Waals surface area contributed by atoms with Crippen molar-refractivity contribution >= 4 is 11.5 Å². The number of aromatic nitrogens is 4. The third kappa shape index (κ3) is 2.14. The lowest BCUT2D eigenvalue weighted by atomic mass is 10.4. The van der Waals surface area contributed by atoms with E-state index < -0.39 is 0 Å². The zero-order chi connectivity index (χ0) is 12.4. The van der Waals surface area contributed by atoms with Gasteiger partial charge in [-0.25, -0.2) is 19.3 Å². The summed E-state index contributed by atoms with van der Waals surface area (Å²) >= 11 is 0. The van der Waals surface area contributed by atoms with Crippen LogP contribution in [0.5, 0.6) is 0 Å². The van der Waals surface area contributed by atoms with Gasteiger partial charge < -0.3 is 10.6 Å². The summed E-state index contributed by atoms with van der Waals surface area (Å²) in [6, 6.07) is 1.78. The summed E-state index contributed by atoms with van der Waals surface area (Å²) in [4.78, 5) is 17.8. The summed E-state index contributed by atoms with van der Waals surface area (Å²) in [7, 11) is 1.94. The number of nitrogens with two attached hydrogens (primary N) is 1. The van der Waals surface area contributed by atoms with E-state index >= 15 is 0 Å². The van der Waals surface area contributed by atoms with Crippen LogP contribution in [0.1, 0.15) is 12.2 Å². The fraction of sp³-hybridized carbons (Fsp3) is 0.500.